The van der Waals surface area contributed by atoms with Crippen LogP contribution in [0.15, 0.2) is 12.2 Å². The number of rotatable bonds is 1. The van der Waals surface area contributed by atoms with Crippen molar-refractivity contribution in [2.24, 2.45) is 0 Å². The normalized spacial score (nSPS) is 25.3. The number of hydrogen-bond acceptors (Lipinski definition) is 1. The summed E-state index contributed by atoms with van der Waals surface area (Å²) in [5.41, 5.74) is -0.467. The summed E-state index contributed by atoms with van der Waals surface area (Å²) in [6.07, 6.45) is 10.8. The van der Waals surface area contributed by atoms with Gasteiger partial charge in [-0.05, 0) is 19.8 Å². The monoisotopic (exact) mass is 154 g/mol. The summed E-state index contributed by atoms with van der Waals surface area (Å²) in [5.74, 6) is 0. The Morgan fingerprint density at radius 1 is 1.09 bits per heavy atom. The Morgan fingerprint density at radius 2 is 1.64 bits per heavy atom. The summed E-state index contributed by atoms with van der Waals surface area (Å²) in [6.45, 7) is 1.98. The van der Waals surface area contributed by atoms with Crippen molar-refractivity contribution in [3.8, 4) is 0 Å². The molecule has 0 bridgehead atoms. The van der Waals surface area contributed by atoms with Crippen molar-refractivity contribution in [3.05, 3.63) is 12.2 Å². The van der Waals surface area contributed by atoms with Crippen molar-refractivity contribution < 1.29 is 5.11 Å². The van der Waals surface area contributed by atoms with Gasteiger partial charge in [0.15, 0.2) is 0 Å². The predicted molar refractivity (Wildman–Crippen MR) is 47.5 cm³/mol. The summed E-state index contributed by atoms with van der Waals surface area (Å²) < 4.78 is 0. The molecule has 1 saturated carbocycles. The molecule has 1 rings (SSSR count). The molecular formula is C10H18O. The summed E-state index contributed by atoms with van der Waals surface area (Å²) in [7, 11) is 0. The van der Waals surface area contributed by atoms with Crippen LogP contribution in [0.2, 0.25) is 0 Å². The van der Waals surface area contributed by atoms with Crippen LogP contribution in [0.25, 0.3) is 0 Å². The van der Waals surface area contributed by atoms with E-state index >= 15 is 0 Å². The molecule has 1 aliphatic carbocycles. The molecule has 0 atom stereocenters. The minimum Gasteiger partial charge on any atom is -0.386 e. The van der Waals surface area contributed by atoms with Crippen LogP contribution in [0.4, 0.5) is 0 Å². The molecule has 1 heteroatoms. The quantitative estimate of drug-likeness (QED) is 0.454. The molecule has 0 saturated heterocycles. The zero-order valence-electron chi connectivity index (χ0n) is 7.34. The van der Waals surface area contributed by atoms with Gasteiger partial charge in [0.2, 0.25) is 0 Å². The molecule has 0 radical (unpaired) electrons. The van der Waals surface area contributed by atoms with E-state index in [9.17, 15) is 5.11 Å². The second-order valence-corrected chi connectivity index (χ2v) is 3.52. The highest BCUT2D eigenvalue weighted by atomic mass is 16.3. The lowest BCUT2D eigenvalue weighted by atomic mass is 9.94. The average molecular weight is 154 g/mol. The fourth-order valence-electron chi connectivity index (χ4n) is 1.82. The van der Waals surface area contributed by atoms with Crippen LogP contribution in [0.1, 0.15) is 45.4 Å². The maximum absolute atomic E-state index is 9.96. The lowest BCUT2D eigenvalue weighted by Crippen LogP contribution is -2.24. The van der Waals surface area contributed by atoms with Gasteiger partial charge in [-0.15, -0.1) is 0 Å². The van der Waals surface area contributed by atoms with Gasteiger partial charge in [-0.25, -0.2) is 0 Å². The second kappa shape index (κ2) is 3.91. The minimum absolute atomic E-state index is 0.467. The number of aliphatic hydroxyl groups is 1. The molecule has 0 aromatic heterocycles. The van der Waals surface area contributed by atoms with Gasteiger partial charge in [0, 0.05) is 0 Å². The highest BCUT2D eigenvalue weighted by Gasteiger charge is 2.23. The van der Waals surface area contributed by atoms with Crippen LogP contribution in [-0.4, -0.2) is 10.7 Å². The molecule has 0 aliphatic heterocycles. The summed E-state index contributed by atoms with van der Waals surface area (Å²) in [5, 5.41) is 9.96. The fraction of sp³-hybridized carbons (Fsp3) is 0.800. The molecular weight excluding hydrogens is 136 g/mol. The first-order chi connectivity index (χ1) is 5.27. The van der Waals surface area contributed by atoms with E-state index in [-0.39, 0.29) is 0 Å². The minimum atomic E-state index is -0.467. The SMILES string of the molecule is C/C=C/C1(O)CCCCCC1. The molecule has 1 aliphatic rings. The highest BCUT2D eigenvalue weighted by Crippen LogP contribution is 2.27. The molecule has 0 aromatic carbocycles. The Morgan fingerprint density at radius 3 is 2.09 bits per heavy atom. The Kier molecular flexibility index (Phi) is 3.13. The number of hydrogen-bond donors (Lipinski definition) is 1. The predicted octanol–water partition coefficient (Wildman–Crippen LogP) is 2.65. The van der Waals surface area contributed by atoms with Crippen molar-refractivity contribution in [2.45, 2.75) is 51.0 Å². The van der Waals surface area contributed by atoms with Gasteiger partial charge in [0.25, 0.3) is 0 Å². The van der Waals surface area contributed by atoms with E-state index in [4.69, 9.17) is 0 Å². The standard InChI is InChI=1S/C10H18O/c1-2-7-10(11)8-5-3-4-6-9-10/h2,7,11H,3-6,8-9H2,1H3/b7-2+. The molecule has 0 spiro atoms. The molecule has 0 unspecified atom stereocenters. The van der Waals surface area contributed by atoms with Gasteiger partial charge in [0.05, 0.1) is 5.60 Å². The number of allylic oxidation sites excluding steroid dienone is 1. The second-order valence-electron chi connectivity index (χ2n) is 3.52. The lowest BCUT2D eigenvalue weighted by Gasteiger charge is -2.21. The Bertz CT molecular complexity index is 130. The van der Waals surface area contributed by atoms with E-state index in [2.05, 4.69) is 0 Å². The summed E-state index contributed by atoms with van der Waals surface area (Å²) >= 11 is 0. The molecule has 64 valence electrons. The molecule has 0 aromatic rings. The van der Waals surface area contributed by atoms with Crippen LogP contribution in [-0.2, 0) is 0 Å². The fourth-order valence-corrected chi connectivity index (χ4v) is 1.82. The molecule has 0 heterocycles. The lowest BCUT2D eigenvalue weighted by molar-refractivity contribution is 0.0746. The zero-order valence-corrected chi connectivity index (χ0v) is 7.34. The van der Waals surface area contributed by atoms with Crippen LogP contribution < -0.4 is 0 Å². The van der Waals surface area contributed by atoms with Crippen molar-refractivity contribution in [3.63, 3.8) is 0 Å². The molecule has 11 heavy (non-hydrogen) atoms. The zero-order chi connectivity index (χ0) is 8.16. The van der Waals surface area contributed by atoms with Gasteiger partial charge in [-0.2, -0.15) is 0 Å². The largest absolute Gasteiger partial charge is 0.386 e. The third-order valence-corrected chi connectivity index (χ3v) is 2.45. The van der Waals surface area contributed by atoms with E-state index in [0.717, 1.165) is 12.8 Å². The molecule has 1 nitrogen and oxygen atoms in total. The highest BCUT2D eigenvalue weighted by molar-refractivity contribution is 5.00. The van der Waals surface area contributed by atoms with Gasteiger partial charge in [0.1, 0.15) is 0 Å². The first-order valence-electron chi connectivity index (χ1n) is 4.63. The van der Waals surface area contributed by atoms with Crippen molar-refractivity contribution in [1.82, 2.24) is 0 Å². The maximum Gasteiger partial charge on any atom is 0.0827 e. The Labute approximate surface area is 69.1 Å². The first-order valence-corrected chi connectivity index (χ1v) is 4.63. The smallest absolute Gasteiger partial charge is 0.0827 e. The maximum atomic E-state index is 9.96. The molecule has 0 amide bonds. The van der Waals surface area contributed by atoms with Crippen LogP contribution in [0.5, 0.6) is 0 Å². The van der Waals surface area contributed by atoms with E-state index in [1.807, 2.05) is 19.1 Å². The van der Waals surface area contributed by atoms with Crippen molar-refractivity contribution in [1.29, 1.82) is 0 Å². The van der Waals surface area contributed by atoms with Crippen LogP contribution in [0.3, 0.4) is 0 Å². The first kappa shape index (κ1) is 8.79. The van der Waals surface area contributed by atoms with Gasteiger partial charge < -0.3 is 5.11 Å². The summed E-state index contributed by atoms with van der Waals surface area (Å²) in [6, 6.07) is 0. The summed E-state index contributed by atoms with van der Waals surface area (Å²) in [4.78, 5) is 0. The van der Waals surface area contributed by atoms with E-state index in [0.29, 0.717) is 0 Å². The van der Waals surface area contributed by atoms with Gasteiger partial charge >= 0.3 is 0 Å². The topological polar surface area (TPSA) is 20.2 Å². The average Bonchev–Trinajstić information content (AvgIpc) is 2.15. The van der Waals surface area contributed by atoms with E-state index in [1.165, 1.54) is 25.7 Å². The van der Waals surface area contributed by atoms with Crippen molar-refractivity contribution >= 4 is 0 Å². The molecule has 1 fully saturated rings. The van der Waals surface area contributed by atoms with Crippen molar-refractivity contribution in [2.75, 3.05) is 0 Å². The Balaban J connectivity index is 2.51. The van der Waals surface area contributed by atoms with Gasteiger partial charge in [-0.1, -0.05) is 37.8 Å². The van der Waals surface area contributed by atoms with E-state index < -0.39 is 5.60 Å². The van der Waals surface area contributed by atoms with Crippen LogP contribution >= 0.6 is 0 Å². The Hall–Kier alpha value is -0.300. The van der Waals surface area contributed by atoms with E-state index in [1.54, 1.807) is 0 Å². The third-order valence-electron chi connectivity index (χ3n) is 2.45. The van der Waals surface area contributed by atoms with Crippen LogP contribution in [0, 0.1) is 0 Å². The molecule has 1 N–H and O–H groups in total. The van der Waals surface area contributed by atoms with Gasteiger partial charge in [-0.3, -0.25) is 0 Å². The third kappa shape index (κ3) is 2.66.